The van der Waals surface area contributed by atoms with Gasteiger partial charge in [0.1, 0.15) is 0 Å². The molecule has 0 spiro atoms. The highest BCUT2D eigenvalue weighted by Crippen LogP contribution is 2.33. The van der Waals surface area contributed by atoms with Crippen molar-refractivity contribution in [1.29, 1.82) is 5.41 Å². The van der Waals surface area contributed by atoms with E-state index in [1.165, 1.54) is 6.21 Å². The van der Waals surface area contributed by atoms with Gasteiger partial charge in [0.15, 0.2) is 5.69 Å². The Bertz CT molecular complexity index is 1010. The predicted octanol–water partition coefficient (Wildman–Crippen LogP) is 3.44. The molecule has 0 unspecified atom stereocenters. The largest absolute Gasteiger partial charge is 0.476 e. The molecule has 0 atom stereocenters. The molecular formula is C20H21N5O2. The summed E-state index contributed by atoms with van der Waals surface area (Å²) in [6.45, 7) is 8.67. The number of carboxylic acids is 1. The SMILES string of the molecule is C=NCc1c(-c2ccc(C=N)cc2)c(C)n(Cc2cc(C(=O)O)n[nH]2)c1C. The Morgan fingerprint density at radius 2 is 2.04 bits per heavy atom. The van der Waals surface area contributed by atoms with E-state index < -0.39 is 5.97 Å². The van der Waals surface area contributed by atoms with E-state index in [2.05, 4.69) is 26.5 Å². The van der Waals surface area contributed by atoms with Crippen LogP contribution in [-0.2, 0) is 13.1 Å². The quantitative estimate of drug-likeness (QED) is 0.560. The number of benzene rings is 1. The zero-order chi connectivity index (χ0) is 19.6. The molecule has 0 saturated heterocycles. The van der Waals surface area contributed by atoms with E-state index in [1.54, 1.807) is 6.07 Å². The van der Waals surface area contributed by atoms with E-state index in [0.29, 0.717) is 13.1 Å². The summed E-state index contributed by atoms with van der Waals surface area (Å²) in [5.41, 5.74) is 6.90. The summed E-state index contributed by atoms with van der Waals surface area (Å²) >= 11 is 0. The van der Waals surface area contributed by atoms with Crippen molar-refractivity contribution >= 4 is 18.9 Å². The Kier molecular flexibility index (Phi) is 5.03. The van der Waals surface area contributed by atoms with Gasteiger partial charge in [-0.15, -0.1) is 0 Å². The summed E-state index contributed by atoms with van der Waals surface area (Å²) in [5, 5.41) is 23.0. The molecule has 7 nitrogen and oxygen atoms in total. The second kappa shape index (κ2) is 7.41. The average molecular weight is 363 g/mol. The zero-order valence-electron chi connectivity index (χ0n) is 15.3. The van der Waals surface area contributed by atoms with Crippen LogP contribution in [0.25, 0.3) is 11.1 Å². The molecule has 1 aromatic carbocycles. The smallest absolute Gasteiger partial charge is 0.356 e. The number of hydrogen-bond donors (Lipinski definition) is 3. The van der Waals surface area contributed by atoms with Crippen molar-refractivity contribution in [2.24, 2.45) is 4.99 Å². The number of carbonyl (C=O) groups is 1. The fourth-order valence-corrected chi connectivity index (χ4v) is 3.34. The van der Waals surface area contributed by atoms with Crippen LogP contribution < -0.4 is 0 Å². The molecule has 0 aliphatic heterocycles. The average Bonchev–Trinajstić information content (AvgIpc) is 3.22. The maximum absolute atomic E-state index is 11.1. The summed E-state index contributed by atoms with van der Waals surface area (Å²) in [6, 6.07) is 9.36. The monoisotopic (exact) mass is 363 g/mol. The number of nitrogens with zero attached hydrogens (tertiary/aromatic N) is 3. The Morgan fingerprint density at radius 1 is 1.33 bits per heavy atom. The van der Waals surface area contributed by atoms with Gasteiger partial charge in [-0.1, -0.05) is 24.3 Å². The van der Waals surface area contributed by atoms with E-state index in [1.807, 2.05) is 38.1 Å². The van der Waals surface area contributed by atoms with Gasteiger partial charge < -0.3 is 15.1 Å². The minimum atomic E-state index is -1.05. The number of carboxylic acid groups (broad SMARTS) is 1. The fourth-order valence-electron chi connectivity index (χ4n) is 3.34. The molecule has 138 valence electrons. The van der Waals surface area contributed by atoms with Crippen molar-refractivity contribution in [3.63, 3.8) is 0 Å². The lowest BCUT2D eigenvalue weighted by atomic mass is 9.99. The third-order valence-electron chi connectivity index (χ3n) is 4.72. The summed E-state index contributed by atoms with van der Waals surface area (Å²) in [7, 11) is 0. The normalized spacial score (nSPS) is 10.7. The molecule has 0 aliphatic carbocycles. The number of H-pyrrole nitrogens is 1. The summed E-state index contributed by atoms with van der Waals surface area (Å²) in [5.74, 6) is -1.05. The maximum atomic E-state index is 11.1. The topological polar surface area (TPSA) is 107 Å². The van der Waals surface area contributed by atoms with Crippen LogP contribution in [0.4, 0.5) is 0 Å². The van der Waals surface area contributed by atoms with Gasteiger partial charge in [0.05, 0.1) is 18.8 Å². The van der Waals surface area contributed by atoms with Gasteiger partial charge in [-0.3, -0.25) is 10.1 Å². The molecule has 0 amide bonds. The van der Waals surface area contributed by atoms with Crippen LogP contribution in [0.1, 0.15) is 38.7 Å². The van der Waals surface area contributed by atoms with Crippen LogP contribution in [0.2, 0.25) is 0 Å². The fraction of sp³-hybridized carbons (Fsp3) is 0.200. The Morgan fingerprint density at radius 3 is 2.59 bits per heavy atom. The molecule has 0 aliphatic rings. The number of aromatic nitrogens is 3. The van der Waals surface area contributed by atoms with Crippen molar-refractivity contribution in [2.45, 2.75) is 26.9 Å². The number of hydrogen-bond acceptors (Lipinski definition) is 4. The molecule has 3 rings (SSSR count). The third kappa shape index (κ3) is 3.44. The van der Waals surface area contributed by atoms with Crippen LogP contribution >= 0.6 is 0 Å². The lowest BCUT2D eigenvalue weighted by Crippen LogP contribution is -2.04. The van der Waals surface area contributed by atoms with Crippen LogP contribution in [0.5, 0.6) is 0 Å². The van der Waals surface area contributed by atoms with Crippen LogP contribution in [0.3, 0.4) is 0 Å². The van der Waals surface area contributed by atoms with E-state index >= 15 is 0 Å². The second-order valence-electron chi connectivity index (χ2n) is 6.34. The lowest BCUT2D eigenvalue weighted by Gasteiger charge is -2.08. The molecule has 27 heavy (non-hydrogen) atoms. The summed E-state index contributed by atoms with van der Waals surface area (Å²) in [6.07, 6.45) is 1.32. The van der Waals surface area contributed by atoms with Crippen LogP contribution in [-0.4, -0.2) is 38.8 Å². The first-order chi connectivity index (χ1) is 13.0. The van der Waals surface area contributed by atoms with E-state index in [0.717, 1.165) is 39.3 Å². The first-order valence-electron chi connectivity index (χ1n) is 8.45. The molecule has 3 N–H and O–H groups in total. The van der Waals surface area contributed by atoms with Gasteiger partial charge in [0.2, 0.25) is 0 Å². The van der Waals surface area contributed by atoms with Crippen molar-refractivity contribution < 1.29 is 9.90 Å². The molecule has 0 radical (unpaired) electrons. The van der Waals surface area contributed by atoms with Crippen molar-refractivity contribution in [2.75, 3.05) is 0 Å². The predicted molar refractivity (Wildman–Crippen MR) is 105 cm³/mol. The Balaban J connectivity index is 2.07. The van der Waals surface area contributed by atoms with E-state index in [9.17, 15) is 4.79 Å². The Labute approximate surface area is 156 Å². The van der Waals surface area contributed by atoms with Gasteiger partial charge in [0, 0.05) is 28.7 Å². The molecule has 7 heteroatoms. The van der Waals surface area contributed by atoms with Crippen molar-refractivity contribution in [1.82, 2.24) is 14.8 Å². The lowest BCUT2D eigenvalue weighted by molar-refractivity contribution is 0.0690. The van der Waals surface area contributed by atoms with Gasteiger partial charge >= 0.3 is 5.97 Å². The molecule has 0 saturated carbocycles. The van der Waals surface area contributed by atoms with Crippen LogP contribution in [0.15, 0.2) is 35.3 Å². The number of aromatic carboxylic acids is 1. The minimum Gasteiger partial charge on any atom is -0.476 e. The van der Waals surface area contributed by atoms with Crippen molar-refractivity contribution in [3.8, 4) is 11.1 Å². The molecular weight excluding hydrogens is 342 g/mol. The highest BCUT2D eigenvalue weighted by molar-refractivity contribution is 5.85. The van der Waals surface area contributed by atoms with Crippen LogP contribution in [0, 0.1) is 19.3 Å². The third-order valence-corrected chi connectivity index (χ3v) is 4.72. The Hall–Kier alpha value is -3.48. The van der Waals surface area contributed by atoms with E-state index in [-0.39, 0.29) is 5.69 Å². The first kappa shape index (κ1) is 18.3. The summed E-state index contributed by atoms with van der Waals surface area (Å²) < 4.78 is 2.12. The number of rotatable bonds is 7. The standard InChI is InChI=1S/C20H21N5O2/c1-12-17(10-22-3)19(15-6-4-14(9-21)5-7-15)13(2)25(12)11-16-8-18(20(26)27)24-23-16/h4-9,21H,3,10-11H2,1-2H3,(H,23,24)(H,26,27). The van der Waals surface area contributed by atoms with E-state index in [4.69, 9.17) is 10.5 Å². The van der Waals surface area contributed by atoms with Gasteiger partial charge in [-0.2, -0.15) is 5.10 Å². The number of aliphatic imine (C=N–C) groups is 1. The molecule has 2 heterocycles. The minimum absolute atomic E-state index is 0.00269. The number of nitrogens with one attached hydrogen (secondary N) is 2. The van der Waals surface area contributed by atoms with Crippen molar-refractivity contribution in [3.05, 3.63) is 64.2 Å². The molecule has 3 aromatic rings. The highest BCUT2D eigenvalue weighted by atomic mass is 16.4. The maximum Gasteiger partial charge on any atom is 0.356 e. The highest BCUT2D eigenvalue weighted by Gasteiger charge is 2.19. The molecule has 2 aromatic heterocycles. The second-order valence-corrected chi connectivity index (χ2v) is 6.34. The molecule has 0 fully saturated rings. The van der Waals surface area contributed by atoms with Gasteiger partial charge in [-0.25, -0.2) is 4.79 Å². The zero-order valence-corrected chi connectivity index (χ0v) is 15.3. The summed E-state index contributed by atoms with van der Waals surface area (Å²) in [4.78, 5) is 15.1. The van der Waals surface area contributed by atoms with Gasteiger partial charge in [0.25, 0.3) is 0 Å². The number of aromatic amines is 1. The first-order valence-corrected chi connectivity index (χ1v) is 8.45. The molecule has 0 bridgehead atoms. The van der Waals surface area contributed by atoms with Gasteiger partial charge in [-0.05, 0) is 37.8 Å².